The average molecular weight is 884 g/mol. The van der Waals surface area contributed by atoms with Crippen LogP contribution < -0.4 is 5.32 Å². The van der Waals surface area contributed by atoms with E-state index in [1.807, 2.05) is 49.2 Å². The maximum Gasteiger partial charge on any atom is 0.448 e. The van der Waals surface area contributed by atoms with Crippen molar-refractivity contribution >= 4 is 52.2 Å². The number of carbonyl (C=O) groups excluding carboxylic acids is 5. The molecular formula is C50H55N6O9+. The third-order valence-electron chi connectivity index (χ3n) is 14.8. The van der Waals surface area contributed by atoms with E-state index in [4.69, 9.17) is 14.5 Å². The lowest BCUT2D eigenvalue weighted by molar-refractivity contribution is -0.356. The number of aromatic nitrogens is 2. The zero-order chi connectivity index (χ0) is 45.5. The molecule has 15 heteroatoms. The van der Waals surface area contributed by atoms with Crippen LogP contribution in [0.1, 0.15) is 124 Å². The van der Waals surface area contributed by atoms with Crippen LogP contribution >= 0.6 is 0 Å². The van der Waals surface area contributed by atoms with Crippen LogP contribution in [0.5, 0.6) is 11.5 Å². The fraction of sp³-hybridized carbons (Fsp3) is 0.460. The Bertz CT molecular complexity index is 2800. The molecule has 65 heavy (non-hydrogen) atoms. The molecule has 0 spiro atoms. The van der Waals surface area contributed by atoms with Crippen molar-refractivity contribution in [1.82, 2.24) is 24.7 Å². The summed E-state index contributed by atoms with van der Waals surface area (Å²) in [7, 11) is 0. The lowest BCUT2D eigenvalue weighted by atomic mass is 9.78. The second-order valence-electron chi connectivity index (χ2n) is 18.7. The number of esters is 1. The number of amides is 4. The van der Waals surface area contributed by atoms with Crippen molar-refractivity contribution in [2.24, 2.45) is 5.92 Å². The highest BCUT2D eigenvalue weighted by Gasteiger charge is 2.56. The van der Waals surface area contributed by atoms with Gasteiger partial charge in [-0.25, -0.2) is 19.7 Å². The number of nitrogens with one attached hydrogen (secondary N) is 1. The number of ketones is 1. The van der Waals surface area contributed by atoms with E-state index < -0.39 is 23.7 Å². The third kappa shape index (κ3) is 6.96. The van der Waals surface area contributed by atoms with Crippen molar-refractivity contribution in [3.63, 3.8) is 0 Å². The standard InChI is InChI=1S/C50H54N6O9/c1-5-32-34-21-31(57)10-11-39(34)51-44-36(32)25-55-41(44)23-38-37(46(55)60)26-64-47(61)50(38,6-2)65-49(63)54-17-13-28(14-18-54)8-7-16-53-19-15-29-20-30(9-12-40(29)53)56-45(52-48(56)62)35-22-33(27(3)4)42(58)24-43(35)59/h9,12,15,19-20,22,24,27-28,41H,5-8,10-11,13-14,16-18,21,23,25-26H2,1-4H3,(H2,52,58,59,62)/p+1. The van der Waals surface area contributed by atoms with Gasteiger partial charge < -0.3 is 34.1 Å². The number of Topliss-reactive ketones (excluding diaryl/α,β-unsaturated/α-hetero) is 1. The summed E-state index contributed by atoms with van der Waals surface area (Å²) in [6.45, 7) is 9.75. The van der Waals surface area contributed by atoms with Crippen LogP contribution in [0.15, 0.2) is 53.7 Å². The molecule has 15 nitrogen and oxygen atoms in total. The highest BCUT2D eigenvalue weighted by molar-refractivity contribution is 6.13. The van der Waals surface area contributed by atoms with E-state index in [1.54, 1.807) is 17.9 Å². The number of phenols is 2. The maximum atomic E-state index is 14.2. The Morgan fingerprint density at radius 2 is 1.83 bits per heavy atom. The molecule has 0 radical (unpaired) electrons. The van der Waals surface area contributed by atoms with Gasteiger partial charge in [0.15, 0.2) is 0 Å². The molecule has 2 aromatic carbocycles. The van der Waals surface area contributed by atoms with Gasteiger partial charge in [-0.15, -0.1) is 0 Å². The zero-order valence-electron chi connectivity index (χ0n) is 37.4. The number of urea groups is 1. The van der Waals surface area contributed by atoms with Gasteiger partial charge in [0.25, 0.3) is 5.91 Å². The average Bonchev–Trinajstić information content (AvgIpc) is 3.87. The predicted octanol–water partition coefficient (Wildman–Crippen LogP) is 7.12. The van der Waals surface area contributed by atoms with Crippen molar-refractivity contribution in [1.29, 1.82) is 0 Å². The first-order valence-corrected chi connectivity index (χ1v) is 23.2. The van der Waals surface area contributed by atoms with E-state index in [0.717, 1.165) is 77.6 Å². The molecule has 1 fully saturated rings. The smallest absolute Gasteiger partial charge is 0.448 e. The largest absolute Gasteiger partial charge is 0.508 e. The number of benzene rings is 2. The Labute approximate surface area is 376 Å². The third-order valence-corrected chi connectivity index (χ3v) is 14.8. The predicted molar refractivity (Wildman–Crippen MR) is 238 cm³/mol. The highest BCUT2D eigenvalue weighted by Crippen LogP contribution is 2.50. The Balaban J connectivity index is 0.777. The van der Waals surface area contributed by atoms with E-state index in [9.17, 15) is 34.2 Å². The maximum absolute atomic E-state index is 14.2. The number of ether oxygens (including phenoxy) is 2. The molecule has 7 heterocycles. The van der Waals surface area contributed by atoms with Crippen LogP contribution in [0.2, 0.25) is 0 Å². The Hall–Kier alpha value is -6.51. The number of nitrogens with zero attached hydrogens (tertiary/aromatic N) is 5. The van der Waals surface area contributed by atoms with E-state index >= 15 is 0 Å². The van der Waals surface area contributed by atoms with Gasteiger partial charge in [-0.1, -0.05) is 27.7 Å². The van der Waals surface area contributed by atoms with Gasteiger partial charge in [0.2, 0.25) is 11.4 Å². The van der Waals surface area contributed by atoms with Gasteiger partial charge in [-0.3, -0.25) is 14.6 Å². The number of likely N-dealkylation sites (tertiary alicyclic amines) is 1. The summed E-state index contributed by atoms with van der Waals surface area (Å²) in [4.78, 5) is 75.8. The Morgan fingerprint density at radius 3 is 2.57 bits per heavy atom. The fourth-order valence-corrected chi connectivity index (χ4v) is 11.2. The molecule has 3 N–H and O–H groups in total. The first-order chi connectivity index (χ1) is 31.3. The van der Waals surface area contributed by atoms with Gasteiger partial charge in [0, 0.05) is 67.9 Å². The van der Waals surface area contributed by atoms with E-state index in [0.29, 0.717) is 85.0 Å². The molecule has 5 aliphatic heterocycles. The number of carbonyl (C=O) groups is 5. The van der Waals surface area contributed by atoms with Crippen LogP contribution in [0.3, 0.4) is 0 Å². The second-order valence-corrected chi connectivity index (χ2v) is 18.7. The summed E-state index contributed by atoms with van der Waals surface area (Å²) in [5.74, 6) is 0.0941. The van der Waals surface area contributed by atoms with E-state index in [1.165, 1.54) is 10.6 Å². The van der Waals surface area contributed by atoms with E-state index in [-0.39, 0.29) is 48.2 Å². The van der Waals surface area contributed by atoms with Gasteiger partial charge in [0.05, 0.1) is 22.9 Å². The van der Waals surface area contributed by atoms with Gasteiger partial charge in [-0.2, -0.15) is 4.58 Å². The Morgan fingerprint density at radius 1 is 1.03 bits per heavy atom. The molecular weight excluding hydrogens is 829 g/mol. The SMILES string of the molecule is CCc1c2c(nc3c1CN1C(=O)C4=C(CC31)C(CC)(OC(=O)N1CCC(CCCn3ccc5cc([N+]6=C(c7cc(C(C)C)c(O)cc7O)NC6=O)ccc53)CC1)C(=O)OC4)CCC(=O)C2. The molecule has 6 aliphatic rings. The van der Waals surface area contributed by atoms with Crippen molar-refractivity contribution in [3.05, 3.63) is 92.9 Å². The molecule has 1 saturated heterocycles. The van der Waals surface area contributed by atoms with Crippen LogP contribution in [0.25, 0.3) is 10.9 Å². The summed E-state index contributed by atoms with van der Waals surface area (Å²) < 4.78 is 15.6. The monoisotopic (exact) mass is 883 g/mol. The number of fused-ring (bicyclic) bond motifs is 5. The summed E-state index contributed by atoms with van der Waals surface area (Å²) in [5, 5.41) is 24.8. The lowest BCUT2D eigenvalue weighted by Crippen LogP contribution is -2.55. The second kappa shape index (κ2) is 16.2. The summed E-state index contributed by atoms with van der Waals surface area (Å²) in [5.41, 5.74) is 6.83. The minimum Gasteiger partial charge on any atom is -0.508 e. The quantitative estimate of drug-likeness (QED) is 0.110. The molecule has 2 aromatic heterocycles. The van der Waals surface area contributed by atoms with Crippen molar-refractivity contribution in [3.8, 4) is 11.5 Å². The summed E-state index contributed by atoms with van der Waals surface area (Å²) in [6.07, 6.45) is 7.53. The summed E-state index contributed by atoms with van der Waals surface area (Å²) in [6, 6.07) is 10.2. The van der Waals surface area contributed by atoms with Crippen LogP contribution in [-0.2, 0) is 56.2 Å². The number of amidine groups is 1. The Kier molecular flexibility index (Phi) is 10.6. The van der Waals surface area contributed by atoms with Gasteiger partial charge in [0.1, 0.15) is 29.6 Å². The van der Waals surface area contributed by atoms with Gasteiger partial charge >= 0.3 is 18.1 Å². The number of pyridine rings is 1. The number of hydrogen-bond acceptors (Lipinski definition) is 10. The molecule has 0 bridgehead atoms. The molecule has 0 saturated carbocycles. The number of cyclic esters (lactones) is 1. The first kappa shape index (κ1) is 42.4. The minimum atomic E-state index is -1.71. The number of phenolic OH excluding ortho intramolecular Hbond substituents is 2. The van der Waals surface area contributed by atoms with Gasteiger partial charge in [-0.05, 0) is 121 Å². The van der Waals surface area contributed by atoms with Crippen molar-refractivity contribution in [2.45, 2.75) is 123 Å². The number of aryl methyl sites for hydroxylation is 2. The van der Waals surface area contributed by atoms with Crippen LogP contribution in [0.4, 0.5) is 15.3 Å². The zero-order valence-corrected chi connectivity index (χ0v) is 37.4. The minimum absolute atomic E-state index is 0.00875. The summed E-state index contributed by atoms with van der Waals surface area (Å²) >= 11 is 0. The van der Waals surface area contributed by atoms with Crippen LogP contribution in [-0.4, -0.2) is 95.1 Å². The number of piperidine rings is 1. The van der Waals surface area contributed by atoms with Crippen LogP contribution in [0, 0.1) is 5.92 Å². The molecule has 1 aliphatic carbocycles. The topological polar surface area (TPSA) is 184 Å². The molecule has 2 unspecified atom stereocenters. The fourth-order valence-electron chi connectivity index (χ4n) is 11.2. The van der Waals surface area contributed by atoms with Crippen molar-refractivity contribution < 1.29 is 48.2 Å². The number of aromatic hydroxyl groups is 2. The molecule has 4 aromatic rings. The molecule has 4 amide bonds. The number of rotatable bonds is 10. The van der Waals surface area contributed by atoms with E-state index in [2.05, 4.69) is 16.8 Å². The molecule has 10 rings (SSSR count). The molecule has 2 atom stereocenters. The lowest BCUT2D eigenvalue weighted by Gasteiger charge is -2.43. The number of hydrogen-bond donors (Lipinski definition) is 3. The van der Waals surface area contributed by atoms with Crippen molar-refractivity contribution in [2.75, 3.05) is 19.7 Å². The molecule has 338 valence electrons. The first-order valence-electron chi connectivity index (χ1n) is 23.2. The normalized spacial score (nSPS) is 21.9. The highest BCUT2D eigenvalue weighted by atomic mass is 16.6.